The highest BCUT2D eigenvalue weighted by atomic mass is 35.5. The number of carbonyl (C=O) groups excluding carboxylic acids is 1. The molecule has 0 amide bonds. The van der Waals surface area contributed by atoms with E-state index in [-0.39, 0.29) is 5.78 Å². The summed E-state index contributed by atoms with van der Waals surface area (Å²) in [6.45, 7) is 2.09. The second-order valence-electron chi connectivity index (χ2n) is 7.85. The number of halogens is 1. The van der Waals surface area contributed by atoms with Crippen LogP contribution in [0.1, 0.15) is 44.8 Å². The number of nitrogen functional groups attached to an aromatic ring is 1. The molecule has 2 heterocycles. The molecule has 2 aromatic heterocycles. The van der Waals surface area contributed by atoms with Gasteiger partial charge in [0.25, 0.3) is 0 Å². The Balaban J connectivity index is 1.71. The molecule has 4 aromatic rings. The molecule has 0 radical (unpaired) electrons. The first-order chi connectivity index (χ1) is 14.5. The highest BCUT2D eigenvalue weighted by Crippen LogP contribution is 2.42. The topological polar surface area (TPSA) is 56.0 Å². The zero-order valence-electron chi connectivity index (χ0n) is 16.7. The van der Waals surface area contributed by atoms with E-state index in [9.17, 15) is 4.79 Å². The summed E-state index contributed by atoms with van der Waals surface area (Å²) in [5.74, 6) is -0.0754. The van der Waals surface area contributed by atoms with Gasteiger partial charge in [0.2, 0.25) is 5.78 Å². The number of aryl methyl sites for hydroxylation is 2. The molecule has 0 saturated heterocycles. The van der Waals surface area contributed by atoms with E-state index in [0.717, 1.165) is 47.2 Å². The van der Waals surface area contributed by atoms with Gasteiger partial charge in [0.15, 0.2) is 0 Å². The van der Waals surface area contributed by atoms with E-state index in [1.54, 1.807) is 24.3 Å². The summed E-state index contributed by atoms with van der Waals surface area (Å²) in [5.41, 5.74) is 13.7. The number of hydrogen-bond donors (Lipinski definition) is 1. The van der Waals surface area contributed by atoms with Gasteiger partial charge in [-0.2, -0.15) is 0 Å². The monoisotopic (exact) mass is 432 g/mol. The van der Waals surface area contributed by atoms with E-state index in [2.05, 4.69) is 31.2 Å². The zero-order chi connectivity index (χ0) is 20.8. The van der Waals surface area contributed by atoms with Crippen molar-refractivity contribution in [3.8, 4) is 11.3 Å². The summed E-state index contributed by atoms with van der Waals surface area (Å²) in [4.78, 5) is 19.6. The zero-order valence-corrected chi connectivity index (χ0v) is 18.2. The molecule has 0 atom stereocenters. The molecule has 0 bridgehead atoms. The SMILES string of the molecule is Cc1ccc(-c2nc3sc(C(=O)c4ccc(Cl)cc4)c(N)c3c3c2CCCC3)cc1. The standard InChI is InChI=1S/C25H21ClN2OS/c1-14-6-8-15(9-7-14)22-19-5-3-2-4-18(19)20-21(27)24(30-25(20)28-22)23(29)16-10-12-17(26)13-11-16/h6-13H,2-5,27H2,1H3. The minimum absolute atomic E-state index is 0.0754. The molecule has 5 heteroatoms. The highest BCUT2D eigenvalue weighted by molar-refractivity contribution is 7.21. The lowest BCUT2D eigenvalue weighted by atomic mass is 9.86. The van der Waals surface area contributed by atoms with Gasteiger partial charge >= 0.3 is 0 Å². The van der Waals surface area contributed by atoms with Gasteiger partial charge in [-0.25, -0.2) is 4.98 Å². The van der Waals surface area contributed by atoms with Crippen LogP contribution < -0.4 is 5.73 Å². The van der Waals surface area contributed by atoms with Crippen LogP contribution in [0.25, 0.3) is 21.5 Å². The third-order valence-electron chi connectivity index (χ3n) is 5.83. The Hall–Kier alpha value is -2.69. The van der Waals surface area contributed by atoms with Crippen molar-refractivity contribution in [1.82, 2.24) is 4.98 Å². The van der Waals surface area contributed by atoms with Crippen LogP contribution in [-0.4, -0.2) is 10.8 Å². The van der Waals surface area contributed by atoms with Crippen LogP contribution in [0.3, 0.4) is 0 Å². The molecule has 2 N–H and O–H groups in total. The number of pyridine rings is 1. The van der Waals surface area contributed by atoms with Crippen molar-refractivity contribution in [1.29, 1.82) is 0 Å². The molecule has 0 saturated carbocycles. The summed E-state index contributed by atoms with van der Waals surface area (Å²) < 4.78 is 0. The predicted molar refractivity (Wildman–Crippen MR) is 126 cm³/mol. The van der Waals surface area contributed by atoms with Crippen LogP contribution >= 0.6 is 22.9 Å². The van der Waals surface area contributed by atoms with E-state index in [1.165, 1.54) is 28.0 Å². The van der Waals surface area contributed by atoms with Crippen LogP contribution in [0.5, 0.6) is 0 Å². The van der Waals surface area contributed by atoms with Gasteiger partial charge in [0.1, 0.15) is 9.71 Å². The Labute approximate surface area is 184 Å². The van der Waals surface area contributed by atoms with Crippen molar-refractivity contribution in [3.05, 3.63) is 80.7 Å². The van der Waals surface area contributed by atoms with Crippen molar-refractivity contribution in [2.45, 2.75) is 32.6 Å². The van der Waals surface area contributed by atoms with Crippen LogP contribution in [0.15, 0.2) is 48.5 Å². The third kappa shape index (κ3) is 3.21. The van der Waals surface area contributed by atoms with Gasteiger partial charge < -0.3 is 5.73 Å². The molecular weight excluding hydrogens is 412 g/mol. The first-order valence-electron chi connectivity index (χ1n) is 10.1. The van der Waals surface area contributed by atoms with Crippen LogP contribution in [0.4, 0.5) is 5.69 Å². The predicted octanol–water partition coefficient (Wildman–Crippen LogP) is 6.62. The molecule has 2 aromatic carbocycles. The maximum absolute atomic E-state index is 13.2. The first kappa shape index (κ1) is 19.3. The van der Waals surface area contributed by atoms with Gasteiger partial charge in [-0.3, -0.25) is 4.79 Å². The molecule has 0 fully saturated rings. The Bertz CT molecular complexity index is 1270. The van der Waals surface area contributed by atoms with Crippen LogP contribution in [0.2, 0.25) is 5.02 Å². The van der Waals surface area contributed by atoms with Crippen LogP contribution in [0, 0.1) is 6.92 Å². The fourth-order valence-electron chi connectivity index (χ4n) is 4.26. The molecule has 1 aliphatic rings. The summed E-state index contributed by atoms with van der Waals surface area (Å²) in [6.07, 6.45) is 4.26. The van der Waals surface area contributed by atoms with E-state index in [1.807, 2.05) is 0 Å². The number of nitrogens with two attached hydrogens (primary N) is 1. The number of carbonyl (C=O) groups is 1. The molecule has 5 rings (SSSR count). The Morgan fingerprint density at radius 2 is 1.67 bits per heavy atom. The van der Waals surface area contributed by atoms with Gasteiger partial charge in [-0.05, 0) is 68.0 Å². The molecular formula is C25H21ClN2OS. The fraction of sp³-hybridized carbons (Fsp3) is 0.200. The molecule has 0 spiro atoms. The normalized spacial score (nSPS) is 13.4. The van der Waals surface area contributed by atoms with Gasteiger partial charge in [-0.15, -0.1) is 11.3 Å². The molecule has 1 aliphatic carbocycles. The largest absolute Gasteiger partial charge is 0.397 e. The smallest absolute Gasteiger partial charge is 0.205 e. The Kier molecular flexibility index (Phi) is 4.84. The van der Waals surface area contributed by atoms with Crippen molar-refractivity contribution in [2.24, 2.45) is 0 Å². The summed E-state index contributed by atoms with van der Waals surface area (Å²) in [5, 5.41) is 1.58. The molecule has 0 unspecified atom stereocenters. The maximum atomic E-state index is 13.2. The lowest BCUT2D eigenvalue weighted by Crippen LogP contribution is -2.08. The van der Waals surface area contributed by atoms with Crippen molar-refractivity contribution in [2.75, 3.05) is 5.73 Å². The quantitative estimate of drug-likeness (QED) is 0.370. The second kappa shape index (κ2) is 7.53. The Morgan fingerprint density at radius 3 is 2.37 bits per heavy atom. The van der Waals surface area contributed by atoms with Crippen molar-refractivity contribution in [3.63, 3.8) is 0 Å². The average Bonchev–Trinajstić information content (AvgIpc) is 3.10. The molecule has 0 aliphatic heterocycles. The summed E-state index contributed by atoms with van der Waals surface area (Å²) in [6, 6.07) is 15.5. The number of ketones is 1. The average molecular weight is 433 g/mol. The lowest BCUT2D eigenvalue weighted by Gasteiger charge is -2.20. The number of anilines is 1. The maximum Gasteiger partial charge on any atom is 0.205 e. The Morgan fingerprint density at radius 1 is 1.00 bits per heavy atom. The summed E-state index contributed by atoms with van der Waals surface area (Å²) in [7, 11) is 0. The van der Waals surface area contributed by atoms with Crippen LogP contribution in [-0.2, 0) is 12.8 Å². The number of nitrogens with zero attached hydrogens (tertiary/aromatic N) is 1. The minimum atomic E-state index is -0.0754. The number of thiophene rings is 1. The fourth-order valence-corrected chi connectivity index (χ4v) is 5.48. The lowest BCUT2D eigenvalue weighted by molar-refractivity contribution is 0.104. The van der Waals surface area contributed by atoms with Gasteiger partial charge in [0, 0.05) is 21.5 Å². The number of hydrogen-bond acceptors (Lipinski definition) is 4. The molecule has 150 valence electrons. The van der Waals surface area contributed by atoms with E-state index in [0.29, 0.717) is 21.2 Å². The molecule has 30 heavy (non-hydrogen) atoms. The van der Waals surface area contributed by atoms with E-state index < -0.39 is 0 Å². The number of rotatable bonds is 3. The van der Waals surface area contributed by atoms with Gasteiger partial charge in [0.05, 0.1) is 11.4 Å². The first-order valence-corrected chi connectivity index (χ1v) is 11.3. The van der Waals surface area contributed by atoms with Crippen molar-refractivity contribution < 1.29 is 4.79 Å². The minimum Gasteiger partial charge on any atom is -0.397 e. The number of benzene rings is 2. The second-order valence-corrected chi connectivity index (χ2v) is 9.29. The molecule has 3 nitrogen and oxygen atoms in total. The third-order valence-corrected chi connectivity index (χ3v) is 7.18. The van der Waals surface area contributed by atoms with Gasteiger partial charge in [-0.1, -0.05) is 41.4 Å². The van der Waals surface area contributed by atoms with E-state index in [4.69, 9.17) is 22.3 Å². The number of aromatic nitrogens is 1. The summed E-state index contributed by atoms with van der Waals surface area (Å²) >= 11 is 7.38. The van der Waals surface area contributed by atoms with Crippen molar-refractivity contribution >= 4 is 44.6 Å². The number of fused-ring (bicyclic) bond motifs is 3. The van der Waals surface area contributed by atoms with E-state index >= 15 is 0 Å². The highest BCUT2D eigenvalue weighted by Gasteiger charge is 2.26.